The summed E-state index contributed by atoms with van der Waals surface area (Å²) in [6.45, 7) is 6.38. The van der Waals surface area contributed by atoms with Crippen molar-refractivity contribution in [1.29, 1.82) is 0 Å². The van der Waals surface area contributed by atoms with Crippen LogP contribution < -0.4 is 10.1 Å². The SMILES string of the molecule is CC(=O)N1CCN2C(=O)CN(Cc3c(C)noc3C)CCNC(=O)c3cc(C(F)(F)F)ccc3OC[C@@H]2C1. The van der Waals surface area contributed by atoms with Crippen LogP contribution in [-0.4, -0.2) is 89.5 Å². The van der Waals surface area contributed by atoms with E-state index in [1.165, 1.54) is 6.92 Å². The molecule has 38 heavy (non-hydrogen) atoms. The summed E-state index contributed by atoms with van der Waals surface area (Å²) in [4.78, 5) is 43.6. The van der Waals surface area contributed by atoms with E-state index < -0.39 is 23.7 Å². The lowest BCUT2D eigenvalue weighted by Crippen LogP contribution is -2.59. The van der Waals surface area contributed by atoms with Gasteiger partial charge in [0, 0.05) is 51.8 Å². The number of aryl methyl sites for hydroxylation is 2. The fourth-order valence-corrected chi connectivity index (χ4v) is 4.68. The summed E-state index contributed by atoms with van der Waals surface area (Å²) in [5.74, 6) is -0.493. The highest BCUT2D eigenvalue weighted by Crippen LogP contribution is 2.33. The molecule has 1 saturated heterocycles. The number of aromatic nitrogens is 1. The zero-order valence-corrected chi connectivity index (χ0v) is 21.4. The van der Waals surface area contributed by atoms with Gasteiger partial charge in [0.25, 0.3) is 5.91 Å². The second-order valence-electron chi connectivity index (χ2n) is 9.49. The molecule has 2 aromatic rings. The van der Waals surface area contributed by atoms with Crippen LogP contribution in [0.5, 0.6) is 5.75 Å². The standard InChI is InChI=1S/C25H30F3N5O5/c1-15-21(16(2)38-30-15)12-31-7-6-29-24(36)20-10-18(25(26,27)28)4-5-22(20)37-14-19-11-32(17(3)34)8-9-33(19)23(35)13-31/h4-5,10,19H,6-9,11-14H2,1-3H3,(H,29,36)/t19-/m0/s1. The predicted molar refractivity (Wildman–Crippen MR) is 128 cm³/mol. The highest BCUT2D eigenvalue weighted by molar-refractivity contribution is 5.97. The Kier molecular flexibility index (Phi) is 7.95. The topological polar surface area (TPSA) is 108 Å². The van der Waals surface area contributed by atoms with Gasteiger partial charge in [-0.1, -0.05) is 5.16 Å². The van der Waals surface area contributed by atoms with Gasteiger partial charge in [-0.25, -0.2) is 0 Å². The number of fused-ring (bicyclic) bond motifs is 2. The van der Waals surface area contributed by atoms with Gasteiger partial charge in [-0.15, -0.1) is 0 Å². The number of hydrogen-bond acceptors (Lipinski definition) is 7. The molecule has 3 heterocycles. The fourth-order valence-electron chi connectivity index (χ4n) is 4.68. The lowest BCUT2D eigenvalue weighted by molar-refractivity contribution is -0.143. The molecule has 0 spiro atoms. The highest BCUT2D eigenvalue weighted by Gasteiger charge is 2.35. The minimum Gasteiger partial charge on any atom is -0.491 e. The van der Waals surface area contributed by atoms with Gasteiger partial charge in [-0.05, 0) is 32.0 Å². The van der Waals surface area contributed by atoms with Gasteiger partial charge in [-0.3, -0.25) is 19.3 Å². The first-order valence-corrected chi connectivity index (χ1v) is 12.3. The normalized spacial score (nSPS) is 19.9. The van der Waals surface area contributed by atoms with Crippen molar-refractivity contribution in [3.05, 3.63) is 46.3 Å². The number of nitrogens with zero attached hydrogens (tertiary/aromatic N) is 4. The van der Waals surface area contributed by atoms with Crippen LogP contribution in [-0.2, 0) is 22.3 Å². The Morgan fingerprint density at radius 3 is 2.61 bits per heavy atom. The molecular weight excluding hydrogens is 507 g/mol. The number of carbonyl (C=O) groups is 3. The van der Waals surface area contributed by atoms with Crippen LogP contribution in [0.2, 0.25) is 0 Å². The van der Waals surface area contributed by atoms with Gasteiger partial charge in [-0.2, -0.15) is 13.2 Å². The van der Waals surface area contributed by atoms with Crippen molar-refractivity contribution in [2.75, 3.05) is 45.9 Å². The van der Waals surface area contributed by atoms with Crippen molar-refractivity contribution < 1.29 is 36.8 Å². The van der Waals surface area contributed by atoms with E-state index in [2.05, 4.69) is 10.5 Å². The van der Waals surface area contributed by atoms with Crippen LogP contribution >= 0.6 is 0 Å². The Labute approximate surface area is 217 Å². The van der Waals surface area contributed by atoms with Gasteiger partial charge in [0.2, 0.25) is 11.8 Å². The summed E-state index contributed by atoms with van der Waals surface area (Å²) >= 11 is 0. The number of ether oxygens (including phenoxy) is 1. The highest BCUT2D eigenvalue weighted by atomic mass is 19.4. The average molecular weight is 538 g/mol. The molecular formula is C25H30F3N5O5. The summed E-state index contributed by atoms with van der Waals surface area (Å²) in [6, 6.07) is 2.16. The van der Waals surface area contributed by atoms with Gasteiger partial charge in [0.15, 0.2) is 0 Å². The monoisotopic (exact) mass is 537 g/mol. The molecule has 0 unspecified atom stereocenters. The van der Waals surface area contributed by atoms with Gasteiger partial charge in [0.1, 0.15) is 18.1 Å². The number of carbonyl (C=O) groups excluding carboxylic acids is 3. The molecule has 0 bridgehead atoms. The van der Waals surface area contributed by atoms with E-state index in [0.29, 0.717) is 24.5 Å². The molecule has 1 N–H and O–H groups in total. The minimum absolute atomic E-state index is 0.0155. The molecule has 0 aliphatic carbocycles. The molecule has 13 heteroatoms. The van der Waals surface area contributed by atoms with Gasteiger partial charge >= 0.3 is 6.18 Å². The summed E-state index contributed by atoms with van der Waals surface area (Å²) in [7, 11) is 0. The Morgan fingerprint density at radius 1 is 1.18 bits per heavy atom. The zero-order chi connectivity index (χ0) is 27.6. The van der Waals surface area contributed by atoms with E-state index in [1.807, 2.05) is 4.90 Å². The summed E-state index contributed by atoms with van der Waals surface area (Å²) in [6.07, 6.45) is -4.64. The number of benzene rings is 1. The quantitative estimate of drug-likeness (QED) is 0.624. The van der Waals surface area contributed by atoms with E-state index >= 15 is 0 Å². The third-order valence-electron chi connectivity index (χ3n) is 6.87. The fraction of sp³-hybridized carbons (Fsp3) is 0.520. The van der Waals surface area contributed by atoms with Crippen LogP contribution in [0.3, 0.4) is 0 Å². The third kappa shape index (κ3) is 6.09. The van der Waals surface area contributed by atoms with Crippen molar-refractivity contribution in [3.8, 4) is 5.75 Å². The maximum absolute atomic E-state index is 13.5. The first-order chi connectivity index (χ1) is 17.9. The lowest BCUT2D eigenvalue weighted by Gasteiger charge is -2.41. The van der Waals surface area contributed by atoms with E-state index in [0.717, 1.165) is 23.8 Å². The maximum Gasteiger partial charge on any atom is 0.416 e. The van der Waals surface area contributed by atoms with Crippen molar-refractivity contribution in [2.45, 2.75) is 39.5 Å². The molecule has 1 atom stereocenters. The first-order valence-electron chi connectivity index (χ1n) is 12.3. The van der Waals surface area contributed by atoms with Gasteiger partial charge < -0.3 is 24.4 Å². The maximum atomic E-state index is 13.5. The molecule has 3 amide bonds. The number of halogens is 3. The number of amides is 3. The number of hydrogen-bond donors (Lipinski definition) is 1. The molecule has 206 valence electrons. The molecule has 10 nitrogen and oxygen atoms in total. The molecule has 0 radical (unpaired) electrons. The average Bonchev–Trinajstić information content (AvgIpc) is 3.18. The Hall–Kier alpha value is -3.61. The molecule has 1 aromatic carbocycles. The molecule has 0 saturated carbocycles. The zero-order valence-electron chi connectivity index (χ0n) is 21.4. The third-order valence-corrected chi connectivity index (χ3v) is 6.87. The first kappa shape index (κ1) is 27.4. The van der Waals surface area contributed by atoms with Crippen molar-refractivity contribution in [1.82, 2.24) is 25.2 Å². The second-order valence-corrected chi connectivity index (χ2v) is 9.49. The molecule has 2 aliphatic rings. The number of piperazine rings is 1. The molecule has 1 fully saturated rings. The Balaban J connectivity index is 1.67. The van der Waals surface area contributed by atoms with E-state index in [-0.39, 0.29) is 62.5 Å². The predicted octanol–water partition coefficient (Wildman–Crippen LogP) is 1.99. The summed E-state index contributed by atoms with van der Waals surface area (Å²) in [5.41, 5.74) is 0.261. The van der Waals surface area contributed by atoms with Crippen molar-refractivity contribution in [2.24, 2.45) is 0 Å². The van der Waals surface area contributed by atoms with Crippen molar-refractivity contribution >= 4 is 17.7 Å². The second kappa shape index (κ2) is 11.0. The van der Waals surface area contributed by atoms with Crippen LogP contribution in [0, 0.1) is 13.8 Å². The minimum atomic E-state index is -4.64. The van der Waals surface area contributed by atoms with Crippen molar-refractivity contribution in [3.63, 3.8) is 0 Å². The molecule has 4 rings (SSSR count). The van der Waals surface area contributed by atoms with E-state index in [1.54, 1.807) is 23.6 Å². The smallest absolute Gasteiger partial charge is 0.416 e. The van der Waals surface area contributed by atoms with Crippen LogP contribution in [0.15, 0.2) is 22.7 Å². The number of rotatable bonds is 2. The summed E-state index contributed by atoms with van der Waals surface area (Å²) in [5, 5.41) is 6.61. The van der Waals surface area contributed by atoms with Crippen LogP contribution in [0.25, 0.3) is 0 Å². The van der Waals surface area contributed by atoms with E-state index in [9.17, 15) is 27.6 Å². The molecule has 1 aromatic heterocycles. The number of alkyl halides is 3. The van der Waals surface area contributed by atoms with Gasteiger partial charge in [0.05, 0.1) is 29.4 Å². The Bertz CT molecular complexity index is 1190. The number of nitrogens with one attached hydrogen (secondary N) is 1. The Morgan fingerprint density at radius 2 is 1.95 bits per heavy atom. The largest absolute Gasteiger partial charge is 0.491 e. The molecule has 2 aliphatic heterocycles. The van der Waals surface area contributed by atoms with E-state index in [4.69, 9.17) is 9.26 Å². The summed E-state index contributed by atoms with van der Waals surface area (Å²) < 4.78 is 51.3. The van der Waals surface area contributed by atoms with Crippen LogP contribution in [0.4, 0.5) is 13.2 Å². The lowest BCUT2D eigenvalue weighted by atomic mass is 10.1. The van der Waals surface area contributed by atoms with Crippen LogP contribution in [0.1, 0.15) is 39.9 Å².